The van der Waals surface area contributed by atoms with E-state index in [1.54, 1.807) is 24.3 Å². The number of rotatable bonds is 11. The Morgan fingerprint density at radius 3 is 1.37 bits per heavy atom. The molecule has 0 unspecified atom stereocenters. The number of amides is 1. The Labute approximate surface area is 355 Å². The lowest BCUT2D eigenvalue weighted by Crippen LogP contribution is -2.14. The first-order valence-corrected chi connectivity index (χ1v) is 18.6. The van der Waals surface area contributed by atoms with Crippen molar-refractivity contribution in [2.45, 2.75) is 21.3 Å². The van der Waals surface area contributed by atoms with Crippen molar-refractivity contribution in [3.05, 3.63) is 132 Å². The van der Waals surface area contributed by atoms with Crippen LogP contribution < -0.4 is 41.3 Å². The molecule has 0 saturated carbocycles. The van der Waals surface area contributed by atoms with Gasteiger partial charge in [0.2, 0.25) is 11.9 Å². The molecule has 15 heteroatoms. The number of nitrogens with one attached hydrogen (secondary N) is 3. The van der Waals surface area contributed by atoms with Crippen molar-refractivity contribution < 1.29 is 16.1 Å². The van der Waals surface area contributed by atoms with E-state index < -0.39 is 5.97 Å². The number of anilines is 10. The van der Waals surface area contributed by atoms with Gasteiger partial charge in [0.15, 0.2) is 0 Å². The summed E-state index contributed by atoms with van der Waals surface area (Å²) in [6.45, 7) is 3.88. The summed E-state index contributed by atoms with van der Waals surface area (Å²) in [4.78, 5) is 48.5. The van der Waals surface area contributed by atoms with Crippen molar-refractivity contribution in [1.82, 2.24) is 19.9 Å². The number of carbonyl (C=O) groups is 2. The number of carbonyl (C=O) groups excluding carboxylic acids is 1. The van der Waals surface area contributed by atoms with Crippen LogP contribution in [-0.2, 0) is 0 Å². The van der Waals surface area contributed by atoms with Gasteiger partial charge in [-0.1, -0.05) is 19.6 Å². The van der Waals surface area contributed by atoms with Gasteiger partial charge in [-0.2, -0.15) is 9.97 Å². The van der Waals surface area contributed by atoms with Crippen LogP contribution in [0.5, 0.6) is 0 Å². The molecule has 0 saturated heterocycles. The standard InChI is InChI=1S/C22H26N6O.C13H17N5.C9H11NO2.CH4.H/c1-15-13-20(28(4)5)26-22(23-15)25-18-11-9-17(10-12-18)24-21(29)16-7-6-8-19(14-16)27(2)3;1-9-8-12(18(2)3)17-13(15-9)16-11-6-4-10(14)5-7-11;1-10(2)8-5-3-4-7(6-8)9(11)12;;/h6-14H,1-5H3,(H,24,29)(H,23,25,26);4-8H,14H2,1-3H3,(H,15,16,17);3-6H,1-2H3,(H,11,12);1H4;/q;;;;-1/i;;;;1+2. The number of aromatic carboxylic acids is 1. The highest BCUT2D eigenvalue weighted by molar-refractivity contribution is 6.04. The number of nitrogens with two attached hydrogens (primary N) is 1. The molecule has 4 aromatic carbocycles. The van der Waals surface area contributed by atoms with Gasteiger partial charge < -0.3 is 47.8 Å². The summed E-state index contributed by atoms with van der Waals surface area (Å²) in [5, 5.41) is 18.0. The van der Waals surface area contributed by atoms with E-state index in [1.807, 2.05) is 175 Å². The smallest absolute Gasteiger partial charge is 0.335 e. The van der Waals surface area contributed by atoms with Gasteiger partial charge in [-0.05, 0) is 98.8 Å². The van der Waals surface area contributed by atoms with Crippen molar-refractivity contribution in [3.8, 4) is 0 Å². The van der Waals surface area contributed by atoms with Crippen molar-refractivity contribution in [1.29, 1.82) is 0 Å². The average molecular weight is 818 g/mol. The Kier molecular flexibility index (Phi) is 17.2. The van der Waals surface area contributed by atoms with E-state index in [-0.39, 0.29) is 14.8 Å². The summed E-state index contributed by atoms with van der Waals surface area (Å²) in [5.74, 6) is 1.80. The first-order chi connectivity index (χ1) is 28.0. The second-order valence-corrected chi connectivity index (χ2v) is 14.3. The van der Waals surface area contributed by atoms with Crippen LogP contribution in [0, 0.1) is 13.8 Å². The normalized spacial score (nSPS) is 9.97. The van der Waals surface area contributed by atoms with Gasteiger partial charge in [-0.25, -0.2) is 14.8 Å². The monoisotopic (exact) mass is 817 g/mol. The number of aryl methyl sites for hydroxylation is 2. The Bertz CT molecular complexity index is 2320. The van der Waals surface area contributed by atoms with E-state index in [1.165, 1.54) is 0 Å². The molecule has 2 heterocycles. The number of carboxylic acid groups (broad SMARTS) is 1. The highest BCUT2D eigenvalue weighted by atomic mass is 16.4. The molecule has 6 rings (SSSR count). The van der Waals surface area contributed by atoms with Crippen molar-refractivity contribution in [3.63, 3.8) is 0 Å². The lowest BCUT2D eigenvalue weighted by atomic mass is 10.1. The molecule has 0 bridgehead atoms. The van der Waals surface area contributed by atoms with Crippen LogP contribution in [0.15, 0.2) is 109 Å². The average Bonchev–Trinajstić information content (AvgIpc) is 3.19. The number of aromatic nitrogens is 4. The lowest BCUT2D eigenvalue weighted by molar-refractivity contribution is 0.0696. The van der Waals surface area contributed by atoms with Crippen molar-refractivity contribution in [2.75, 3.05) is 97.7 Å². The molecule has 6 aromatic rings. The Hall–Kier alpha value is -7.42. The molecular formula is C45H59N12O3-. The van der Waals surface area contributed by atoms with Gasteiger partial charge in [0.1, 0.15) is 11.6 Å². The summed E-state index contributed by atoms with van der Waals surface area (Å²) in [5.41, 5.74) is 13.5. The van der Waals surface area contributed by atoms with Crippen molar-refractivity contribution >= 4 is 69.5 Å². The van der Waals surface area contributed by atoms with Crippen LogP contribution in [-0.4, -0.2) is 93.3 Å². The number of nitrogens with zero attached hydrogens (tertiary/aromatic N) is 8. The summed E-state index contributed by atoms with van der Waals surface area (Å²) in [6, 6.07) is 33.1. The first kappa shape index (κ1) is 47.0. The van der Waals surface area contributed by atoms with E-state index in [4.69, 9.17) is 10.8 Å². The van der Waals surface area contributed by atoms with Crippen LogP contribution in [0.3, 0.4) is 0 Å². The van der Waals surface area contributed by atoms with Gasteiger partial charge in [0.25, 0.3) is 5.91 Å². The SMILES string of the molecule is C.CN(C)c1cccc(C(=O)O)c1.Cc1cc(N(C)C)nc(Nc2ccc(N)cc2)n1.Cc1cc(N(C)C)nc(Nc2ccc(NC(=O)c3cccc(N(C)C)c3)cc2)n1.[3H-]. The molecule has 0 aliphatic carbocycles. The third-order valence-corrected chi connectivity index (χ3v) is 8.40. The molecular weight excluding hydrogens is 757 g/mol. The molecule has 2 aromatic heterocycles. The summed E-state index contributed by atoms with van der Waals surface area (Å²) in [6.07, 6.45) is 0. The molecule has 15 nitrogen and oxygen atoms in total. The minimum Gasteiger partial charge on any atom is -1.00 e. The van der Waals surface area contributed by atoms with E-state index in [9.17, 15) is 9.59 Å². The van der Waals surface area contributed by atoms with Crippen LogP contribution in [0.2, 0.25) is 0 Å². The molecule has 0 fully saturated rings. The molecule has 1 amide bonds. The van der Waals surface area contributed by atoms with Crippen LogP contribution >= 0.6 is 0 Å². The number of benzene rings is 4. The van der Waals surface area contributed by atoms with E-state index in [0.717, 1.165) is 57.1 Å². The fourth-order valence-corrected chi connectivity index (χ4v) is 5.18. The molecule has 0 radical (unpaired) electrons. The predicted molar refractivity (Wildman–Crippen MR) is 250 cm³/mol. The predicted octanol–water partition coefficient (Wildman–Crippen LogP) is 8.29. The molecule has 6 N–H and O–H groups in total. The van der Waals surface area contributed by atoms with Gasteiger partial charge >= 0.3 is 5.97 Å². The van der Waals surface area contributed by atoms with Crippen molar-refractivity contribution in [2.24, 2.45) is 0 Å². The molecule has 0 aliphatic rings. The molecule has 0 aliphatic heterocycles. The van der Waals surface area contributed by atoms with Crippen LogP contribution in [0.4, 0.5) is 57.7 Å². The minimum atomic E-state index is -0.890. The third kappa shape index (κ3) is 14.5. The zero-order valence-corrected chi connectivity index (χ0v) is 35.3. The highest BCUT2D eigenvalue weighted by Gasteiger charge is 2.10. The zero-order valence-electron chi connectivity index (χ0n) is 36.3. The van der Waals surface area contributed by atoms with Crippen LogP contribution in [0.1, 0.15) is 41.0 Å². The Morgan fingerprint density at radius 2 is 0.950 bits per heavy atom. The first-order valence-electron chi connectivity index (χ1n) is 18.6. The van der Waals surface area contributed by atoms with E-state index in [0.29, 0.717) is 23.0 Å². The Morgan fingerprint density at radius 1 is 0.550 bits per heavy atom. The molecule has 318 valence electrons. The van der Waals surface area contributed by atoms with E-state index >= 15 is 0 Å². The minimum absolute atomic E-state index is 0. The molecule has 0 spiro atoms. The number of hydrogen-bond acceptors (Lipinski definition) is 13. The largest absolute Gasteiger partial charge is 1.00 e. The fraction of sp³-hybridized carbons (Fsp3) is 0.244. The second-order valence-electron chi connectivity index (χ2n) is 14.3. The highest BCUT2D eigenvalue weighted by Crippen LogP contribution is 2.22. The molecule has 0 atom stereocenters. The zero-order chi connectivity index (χ0) is 43.2. The van der Waals surface area contributed by atoms with E-state index in [2.05, 4.69) is 35.9 Å². The van der Waals surface area contributed by atoms with Gasteiger partial charge in [-0.3, -0.25) is 4.79 Å². The Balaban J connectivity index is 0.000000342. The second kappa shape index (κ2) is 21.9. The maximum absolute atomic E-state index is 12.5. The molecule has 60 heavy (non-hydrogen) atoms. The third-order valence-electron chi connectivity index (χ3n) is 8.40. The summed E-state index contributed by atoms with van der Waals surface area (Å²) >= 11 is 0. The number of carboxylic acids is 1. The van der Waals surface area contributed by atoms with Gasteiger partial charge in [0.05, 0.1) is 5.56 Å². The van der Waals surface area contributed by atoms with Gasteiger partial charge in [0, 0.05) is 120 Å². The topological polar surface area (TPSA) is 181 Å². The maximum Gasteiger partial charge on any atom is 0.335 e. The fourth-order valence-electron chi connectivity index (χ4n) is 5.18. The number of hydrogen-bond donors (Lipinski definition) is 5. The lowest BCUT2D eigenvalue weighted by Gasteiger charge is -2.14. The maximum atomic E-state index is 12.5. The number of nitrogen functional groups attached to an aromatic ring is 1. The summed E-state index contributed by atoms with van der Waals surface area (Å²) in [7, 11) is 15.4. The van der Waals surface area contributed by atoms with Gasteiger partial charge in [-0.15, -0.1) is 0 Å². The quantitative estimate of drug-likeness (QED) is 0.0788. The van der Waals surface area contributed by atoms with Crippen LogP contribution in [0.25, 0.3) is 0 Å². The summed E-state index contributed by atoms with van der Waals surface area (Å²) < 4.78 is 0.